The SMILES string of the molecule is CCC(C)c1cc(C(=O)N[C@H]2CN(C)C[C@H]2c2ccccc2)no1. The lowest BCUT2D eigenvalue weighted by molar-refractivity contribution is 0.0926. The number of amides is 1. The number of aromatic nitrogens is 1. The highest BCUT2D eigenvalue weighted by Crippen LogP contribution is 2.27. The van der Waals surface area contributed by atoms with Crippen LogP contribution in [-0.2, 0) is 0 Å². The molecular weight excluding hydrogens is 302 g/mol. The first-order valence-corrected chi connectivity index (χ1v) is 8.59. The van der Waals surface area contributed by atoms with E-state index in [0.29, 0.717) is 11.6 Å². The molecule has 1 aliphatic heterocycles. The van der Waals surface area contributed by atoms with Crippen molar-refractivity contribution in [1.82, 2.24) is 15.4 Å². The van der Waals surface area contributed by atoms with Gasteiger partial charge in [0.25, 0.3) is 5.91 Å². The molecule has 1 aromatic carbocycles. The first kappa shape index (κ1) is 16.7. The molecule has 2 heterocycles. The summed E-state index contributed by atoms with van der Waals surface area (Å²) in [6, 6.07) is 12.2. The zero-order valence-electron chi connectivity index (χ0n) is 14.5. The van der Waals surface area contributed by atoms with Crippen LogP contribution in [0.15, 0.2) is 40.9 Å². The maximum absolute atomic E-state index is 12.6. The van der Waals surface area contributed by atoms with E-state index in [9.17, 15) is 4.79 Å². The van der Waals surface area contributed by atoms with E-state index >= 15 is 0 Å². The molecule has 0 bridgehead atoms. The predicted octanol–water partition coefficient (Wildman–Crippen LogP) is 3.02. The minimum atomic E-state index is -0.158. The first-order valence-electron chi connectivity index (χ1n) is 8.59. The predicted molar refractivity (Wildman–Crippen MR) is 93.1 cm³/mol. The summed E-state index contributed by atoms with van der Waals surface area (Å²) in [7, 11) is 2.08. The number of nitrogens with one attached hydrogen (secondary N) is 1. The van der Waals surface area contributed by atoms with Crippen LogP contribution < -0.4 is 5.32 Å². The van der Waals surface area contributed by atoms with Gasteiger partial charge in [-0.2, -0.15) is 0 Å². The van der Waals surface area contributed by atoms with Crippen LogP contribution in [0, 0.1) is 0 Å². The molecule has 24 heavy (non-hydrogen) atoms. The number of hydrogen-bond donors (Lipinski definition) is 1. The Morgan fingerprint density at radius 3 is 2.83 bits per heavy atom. The van der Waals surface area contributed by atoms with Crippen molar-refractivity contribution in [2.45, 2.75) is 38.1 Å². The molecular formula is C19H25N3O2. The quantitative estimate of drug-likeness (QED) is 0.917. The largest absolute Gasteiger partial charge is 0.360 e. The Hall–Kier alpha value is -2.14. The maximum atomic E-state index is 12.6. The summed E-state index contributed by atoms with van der Waals surface area (Å²) in [5.41, 5.74) is 1.62. The molecule has 5 nitrogen and oxygen atoms in total. The van der Waals surface area contributed by atoms with Gasteiger partial charge in [0.15, 0.2) is 5.69 Å². The van der Waals surface area contributed by atoms with E-state index in [0.717, 1.165) is 25.3 Å². The molecule has 1 N–H and O–H groups in total. The molecule has 128 valence electrons. The summed E-state index contributed by atoms with van der Waals surface area (Å²) < 4.78 is 5.31. The second-order valence-corrected chi connectivity index (χ2v) is 6.74. The van der Waals surface area contributed by atoms with Crippen LogP contribution in [0.3, 0.4) is 0 Å². The Morgan fingerprint density at radius 2 is 2.12 bits per heavy atom. The van der Waals surface area contributed by atoms with Crippen molar-refractivity contribution in [3.63, 3.8) is 0 Å². The van der Waals surface area contributed by atoms with Crippen LogP contribution in [-0.4, -0.2) is 42.1 Å². The molecule has 1 aromatic heterocycles. The van der Waals surface area contributed by atoms with Gasteiger partial charge in [0, 0.05) is 37.0 Å². The normalized spacial score (nSPS) is 22.5. The van der Waals surface area contributed by atoms with Gasteiger partial charge in [0.2, 0.25) is 0 Å². The second-order valence-electron chi connectivity index (χ2n) is 6.74. The van der Waals surface area contributed by atoms with Gasteiger partial charge < -0.3 is 14.7 Å². The van der Waals surface area contributed by atoms with E-state index < -0.39 is 0 Å². The van der Waals surface area contributed by atoms with Crippen molar-refractivity contribution in [1.29, 1.82) is 0 Å². The third-order valence-electron chi connectivity index (χ3n) is 4.91. The lowest BCUT2D eigenvalue weighted by Crippen LogP contribution is -2.39. The lowest BCUT2D eigenvalue weighted by Gasteiger charge is -2.19. The van der Waals surface area contributed by atoms with Gasteiger partial charge in [0.05, 0.1) is 0 Å². The van der Waals surface area contributed by atoms with Crippen LogP contribution in [0.1, 0.15) is 53.9 Å². The van der Waals surface area contributed by atoms with Gasteiger partial charge in [-0.05, 0) is 19.0 Å². The summed E-state index contributed by atoms with van der Waals surface area (Å²) in [5, 5.41) is 7.08. The van der Waals surface area contributed by atoms with Crippen molar-refractivity contribution in [2.24, 2.45) is 0 Å². The van der Waals surface area contributed by atoms with Crippen molar-refractivity contribution in [2.75, 3.05) is 20.1 Å². The number of hydrogen-bond acceptors (Lipinski definition) is 4. The van der Waals surface area contributed by atoms with Crippen LogP contribution in [0.5, 0.6) is 0 Å². The number of likely N-dealkylation sites (tertiary alicyclic amines) is 1. The summed E-state index contributed by atoms with van der Waals surface area (Å²) >= 11 is 0. The molecule has 0 aliphatic carbocycles. The van der Waals surface area contributed by atoms with Gasteiger partial charge in [-0.1, -0.05) is 49.3 Å². The first-order chi connectivity index (χ1) is 11.6. The molecule has 1 amide bonds. The topological polar surface area (TPSA) is 58.4 Å². The van der Waals surface area contributed by atoms with Crippen molar-refractivity contribution >= 4 is 5.91 Å². The molecule has 3 rings (SSSR count). The molecule has 1 unspecified atom stereocenters. The Balaban J connectivity index is 1.71. The van der Waals surface area contributed by atoms with Gasteiger partial charge in [-0.15, -0.1) is 0 Å². The van der Waals surface area contributed by atoms with Crippen LogP contribution in [0.2, 0.25) is 0 Å². The number of rotatable bonds is 5. The monoisotopic (exact) mass is 327 g/mol. The fourth-order valence-electron chi connectivity index (χ4n) is 3.26. The number of likely N-dealkylation sites (N-methyl/N-ethyl adjacent to an activating group) is 1. The van der Waals surface area contributed by atoms with Gasteiger partial charge in [0.1, 0.15) is 5.76 Å². The standard InChI is InChI=1S/C19H25N3O2/c1-4-13(2)18-10-16(21-24-18)19(23)20-17-12-22(3)11-15(17)14-8-6-5-7-9-14/h5-10,13,15,17H,4,11-12H2,1-3H3,(H,20,23)/t13?,15-,17-/m0/s1. The molecule has 0 radical (unpaired) electrons. The van der Waals surface area contributed by atoms with Gasteiger partial charge in [-0.3, -0.25) is 4.79 Å². The number of carbonyl (C=O) groups is 1. The zero-order chi connectivity index (χ0) is 17.1. The van der Waals surface area contributed by atoms with Crippen LogP contribution >= 0.6 is 0 Å². The average molecular weight is 327 g/mol. The average Bonchev–Trinajstić information content (AvgIpc) is 3.22. The van der Waals surface area contributed by atoms with E-state index in [4.69, 9.17) is 4.52 Å². The molecule has 3 atom stereocenters. The van der Waals surface area contributed by atoms with E-state index in [1.54, 1.807) is 6.07 Å². The summed E-state index contributed by atoms with van der Waals surface area (Å²) in [6.07, 6.45) is 0.958. The molecule has 1 fully saturated rings. The van der Waals surface area contributed by atoms with E-state index in [2.05, 4.69) is 48.4 Å². The van der Waals surface area contributed by atoms with E-state index in [1.807, 2.05) is 18.2 Å². The minimum Gasteiger partial charge on any atom is -0.360 e. The van der Waals surface area contributed by atoms with Crippen LogP contribution in [0.25, 0.3) is 0 Å². The smallest absolute Gasteiger partial charge is 0.273 e. The molecule has 5 heteroatoms. The molecule has 0 saturated carbocycles. The fraction of sp³-hybridized carbons (Fsp3) is 0.474. The molecule has 0 spiro atoms. The third-order valence-corrected chi connectivity index (χ3v) is 4.91. The third kappa shape index (κ3) is 3.51. The highest BCUT2D eigenvalue weighted by atomic mass is 16.5. The number of benzene rings is 1. The summed E-state index contributed by atoms with van der Waals surface area (Å²) in [5.74, 6) is 1.18. The van der Waals surface area contributed by atoms with Crippen molar-refractivity contribution < 1.29 is 9.32 Å². The molecule has 2 aromatic rings. The van der Waals surface area contributed by atoms with Crippen LogP contribution in [0.4, 0.5) is 0 Å². The zero-order valence-corrected chi connectivity index (χ0v) is 14.5. The maximum Gasteiger partial charge on any atom is 0.273 e. The molecule has 1 saturated heterocycles. The summed E-state index contributed by atoms with van der Waals surface area (Å²) in [6.45, 7) is 5.93. The van der Waals surface area contributed by atoms with Crippen molar-refractivity contribution in [3.05, 3.63) is 53.4 Å². The Morgan fingerprint density at radius 1 is 1.38 bits per heavy atom. The number of nitrogens with zero attached hydrogens (tertiary/aromatic N) is 2. The van der Waals surface area contributed by atoms with Gasteiger partial charge >= 0.3 is 0 Å². The van der Waals surface area contributed by atoms with Crippen molar-refractivity contribution in [3.8, 4) is 0 Å². The van der Waals surface area contributed by atoms with Gasteiger partial charge in [-0.25, -0.2) is 0 Å². The highest BCUT2D eigenvalue weighted by Gasteiger charge is 2.33. The number of carbonyl (C=O) groups excluding carboxylic acids is 1. The fourth-order valence-corrected chi connectivity index (χ4v) is 3.26. The highest BCUT2D eigenvalue weighted by molar-refractivity contribution is 5.92. The minimum absolute atomic E-state index is 0.0775. The lowest BCUT2D eigenvalue weighted by atomic mass is 9.94. The van der Waals surface area contributed by atoms with E-state index in [1.165, 1.54) is 5.56 Å². The Kier molecular flexibility index (Phi) is 5.00. The van der Waals surface area contributed by atoms with E-state index in [-0.39, 0.29) is 17.9 Å². The summed E-state index contributed by atoms with van der Waals surface area (Å²) in [4.78, 5) is 14.8. The second kappa shape index (κ2) is 7.18. The molecule has 1 aliphatic rings. The Bertz CT molecular complexity index is 683. The Labute approximate surface area is 143 Å².